The molecule has 0 saturated heterocycles. The van der Waals surface area contributed by atoms with Gasteiger partial charge in [0, 0.05) is 19.2 Å². The third-order valence-electron chi connectivity index (χ3n) is 3.77. The van der Waals surface area contributed by atoms with E-state index in [9.17, 15) is 0 Å². The average Bonchev–Trinajstić information content (AvgIpc) is 2.83. The molecule has 0 radical (unpaired) electrons. The standard InChI is InChI=1S/C16H23BrN4/c1-4-11-8-7-9-19-16(11)12(18)10-14-15(17)13(5-2)20-21(14)6-3/h7-9,12H,4-6,10,18H2,1-3H3. The minimum absolute atomic E-state index is 0.107. The summed E-state index contributed by atoms with van der Waals surface area (Å²) in [5, 5.41) is 4.63. The van der Waals surface area contributed by atoms with Gasteiger partial charge in [0.15, 0.2) is 0 Å². The average molecular weight is 351 g/mol. The van der Waals surface area contributed by atoms with Gasteiger partial charge in [0.2, 0.25) is 0 Å². The van der Waals surface area contributed by atoms with E-state index in [0.29, 0.717) is 0 Å². The first-order chi connectivity index (χ1) is 10.1. The predicted octanol–water partition coefficient (Wildman–Crippen LogP) is 3.43. The maximum absolute atomic E-state index is 6.42. The van der Waals surface area contributed by atoms with Gasteiger partial charge in [-0.2, -0.15) is 5.10 Å². The quantitative estimate of drug-likeness (QED) is 0.868. The molecular formula is C16H23BrN4. The molecule has 2 aromatic heterocycles. The molecule has 114 valence electrons. The van der Waals surface area contributed by atoms with E-state index < -0.39 is 0 Å². The number of nitrogens with two attached hydrogens (primary N) is 1. The molecule has 0 saturated carbocycles. The molecule has 5 heteroatoms. The van der Waals surface area contributed by atoms with Crippen molar-refractivity contribution in [3.05, 3.63) is 45.4 Å². The molecule has 2 aromatic rings. The van der Waals surface area contributed by atoms with E-state index >= 15 is 0 Å². The number of pyridine rings is 1. The SMILES string of the molecule is CCc1cccnc1C(N)Cc1c(Br)c(CC)nn1CC. The van der Waals surface area contributed by atoms with Gasteiger partial charge >= 0.3 is 0 Å². The zero-order valence-corrected chi connectivity index (χ0v) is 14.5. The Balaban J connectivity index is 2.31. The summed E-state index contributed by atoms with van der Waals surface area (Å²) in [5.74, 6) is 0. The molecule has 0 spiro atoms. The first-order valence-electron chi connectivity index (χ1n) is 7.55. The summed E-state index contributed by atoms with van der Waals surface area (Å²) in [4.78, 5) is 4.49. The Labute approximate surface area is 134 Å². The molecule has 1 atom stereocenters. The van der Waals surface area contributed by atoms with Crippen molar-refractivity contribution in [2.75, 3.05) is 0 Å². The normalized spacial score (nSPS) is 12.6. The van der Waals surface area contributed by atoms with E-state index in [-0.39, 0.29) is 6.04 Å². The van der Waals surface area contributed by atoms with E-state index in [1.165, 1.54) is 5.56 Å². The Morgan fingerprint density at radius 3 is 2.67 bits per heavy atom. The highest BCUT2D eigenvalue weighted by Crippen LogP contribution is 2.27. The Kier molecular flexibility index (Phi) is 5.53. The second-order valence-corrected chi connectivity index (χ2v) is 5.88. The van der Waals surface area contributed by atoms with Crippen molar-refractivity contribution >= 4 is 15.9 Å². The predicted molar refractivity (Wildman–Crippen MR) is 89.2 cm³/mol. The lowest BCUT2D eigenvalue weighted by Crippen LogP contribution is -2.19. The van der Waals surface area contributed by atoms with Crippen LogP contribution in [0.4, 0.5) is 0 Å². The highest BCUT2D eigenvalue weighted by atomic mass is 79.9. The van der Waals surface area contributed by atoms with E-state index in [0.717, 1.165) is 47.4 Å². The fraction of sp³-hybridized carbons (Fsp3) is 0.500. The third kappa shape index (κ3) is 3.35. The lowest BCUT2D eigenvalue weighted by Gasteiger charge is -2.15. The van der Waals surface area contributed by atoms with Gasteiger partial charge in [-0.3, -0.25) is 9.67 Å². The summed E-state index contributed by atoms with van der Waals surface area (Å²) in [5.41, 5.74) is 10.9. The number of hydrogen-bond donors (Lipinski definition) is 1. The zero-order valence-electron chi connectivity index (χ0n) is 12.9. The zero-order chi connectivity index (χ0) is 15.4. The van der Waals surface area contributed by atoms with E-state index in [2.05, 4.69) is 52.9 Å². The van der Waals surface area contributed by atoms with Gasteiger partial charge in [-0.25, -0.2) is 0 Å². The fourth-order valence-electron chi connectivity index (χ4n) is 2.60. The van der Waals surface area contributed by atoms with Gasteiger partial charge in [-0.05, 0) is 47.3 Å². The van der Waals surface area contributed by atoms with Crippen LogP contribution < -0.4 is 5.73 Å². The van der Waals surface area contributed by atoms with Crippen molar-refractivity contribution in [3.8, 4) is 0 Å². The van der Waals surface area contributed by atoms with Crippen LogP contribution in [0.15, 0.2) is 22.8 Å². The van der Waals surface area contributed by atoms with Crippen LogP contribution in [-0.2, 0) is 25.8 Å². The minimum atomic E-state index is -0.107. The Morgan fingerprint density at radius 2 is 2.05 bits per heavy atom. The van der Waals surface area contributed by atoms with Crippen molar-refractivity contribution in [1.82, 2.24) is 14.8 Å². The molecule has 21 heavy (non-hydrogen) atoms. The summed E-state index contributed by atoms with van der Waals surface area (Å²) in [6.45, 7) is 7.20. The lowest BCUT2D eigenvalue weighted by molar-refractivity contribution is 0.577. The first kappa shape index (κ1) is 16.2. The van der Waals surface area contributed by atoms with Gasteiger partial charge in [0.25, 0.3) is 0 Å². The van der Waals surface area contributed by atoms with Gasteiger partial charge in [0.05, 0.1) is 27.6 Å². The summed E-state index contributed by atoms with van der Waals surface area (Å²) in [7, 11) is 0. The third-order valence-corrected chi connectivity index (χ3v) is 4.68. The monoisotopic (exact) mass is 350 g/mol. The smallest absolute Gasteiger partial charge is 0.0766 e. The highest BCUT2D eigenvalue weighted by molar-refractivity contribution is 9.10. The van der Waals surface area contributed by atoms with Crippen molar-refractivity contribution in [2.24, 2.45) is 5.73 Å². The second kappa shape index (κ2) is 7.18. The van der Waals surface area contributed by atoms with Gasteiger partial charge in [0.1, 0.15) is 0 Å². The van der Waals surface area contributed by atoms with Crippen LogP contribution in [0.2, 0.25) is 0 Å². The van der Waals surface area contributed by atoms with Crippen LogP contribution in [0.1, 0.15) is 49.5 Å². The van der Waals surface area contributed by atoms with E-state index in [1.54, 1.807) is 0 Å². The number of nitrogens with zero attached hydrogens (tertiary/aromatic N) is 3. The van der Waals surface area contributed by atoms with Crippen molar-refractivity contribution in [1.29, 1.82) is 0 Å². The first-order valence-corrected chi connectivity index (χ1v) is 8.34. The fourth-order valence-corrected chi connectivity index (χ4v) is 3.33. The Bertz CT molecular complexity index is 606. The highest BCUT2D eigenvalue weighted by Gasteiger charge is 2.19. The summed E-state index contributed by atoms with van der Waals surface area (Å²) in [6, 6.07) is 3.96. The van der Waals surface area contributed by atoms with Crippen LogP contribution >= 0.6 is 15.9 Å². The summed E-state index contributed by atoms with van der Waals surface area (Å²) in [6.07, 6.45) is 4.42. The molecule has 0 aromatic carbocycles. The molecule has 0 amide bonds. The number of hydrogen-bond acceptors (Lipinski definition) is 3. The Hall–Kier alpha value is -1.20. The van der Waals surface area contributed by atoms with Gasteiger partial charge in [-0.1, -0.05) is 19.9 Å². The summed E-state index contributed by atoms with van der Waals surface area (Å²) < 4.78 is 3.13. The molecule has 1 unspecified atom stereocenters. The van der Waals surface area contributed by atoms with Crippen LogP contribution in [0.3, 0.4) is 0 Å². The topological polar surface area (TPSA) is 56.7 Å². The molecule has 4 nitrogen and oxygen atoms in total. The molecule has 0 aliphatic carbocycles. The maximum Gasteiger partial charge on any atom is 0.0766 e. The molecule has 2 rings (SSSR count). The van der Waals surface area contributed by atoms with Crippen LogP contribution in [0.5, 0.6) is 0 Å². The van der Waals surface area contributed by atoms with Crippen molar-refractivity contribution < 1.29 is 0 Å². The molecule has 0 aliphatic rings. The lowest BCUT2D eigenvalue weighted by atomic mass is 10.0. The van der Waals surface area contributed by atoms with Crippen molar-refractivity contribution in [3.63, 3.8) is 0 Å². The molecular weight excluding hydrogens is 328 g/mol. The van der Waals surface area contributed by atoms with Gasteiger partial charge < -0.3 is 5.73 Å². The molecule has 0 bridgehead atoms. The molecule has 0 aliphatic heterocycles. The number of aromatic nitrogens is 3. The largest absolute Gasteiger partial charge is 0.322 e. The second-order valence-electron chi connectivity index (χ2n) is 5.09. The molecule has 2 N–H and O–H groups in total. The van der Waals surface area contributed by atoms with Crippen LogP contribution in [0, 0.1) is 0 Å². The number of halogens is 1. The van der Waals surface area contributed by atoms with Crippen molar-refractivity contribution in [2.45, 2.75) is 52.6 Å². The summed E-state index contributed by atoms with van der Waals surface area (Å²) >= 11 is 3.68. The molecule has 2 heterocycles. The maximum atomic E-state index is 6.42. The van der Waals surface area contributed by atoms with Crippen LogP contribution in [0.25, 0.3) is 0 Å². The molecule has 0 fully saturated rings. The van der Waals surface area contributed by atoms with E-state index in [1.807, 2.05) is 16.9 Å². The van der Waals surface area contributed by atoms with E-state index in [4.69, 9.17) is 5.73 Å². The number of rotatable bonds is 6. The Morgan fingerprint density at radius 1 is 1.29 bits per heavy atom. The van der Waals surface area contributed by atoms with Crippen LogP contribution in [-0.4, -0.2) is 14.8 Å². The minimum Gasteiger partial charge on any atom is -0.322 e. The van der Waals surface area contributed by atoms with Gasteiger partial charge in [-0.15, -0.1) is 0 Å². The number of aryl methyl sites for hydroxylation is 3.